The average Bonchev–Trinajstić information content (AvgIpc) is 2.59. The number of phenolic OH excluding ortho intramolecular Hbond substituents is 1. The van der Waals surface area contributed by atoms with Gasteiger partial charge in [0, 0.05) is 18.6 Å². The molecular weight excluding hydrogens is 296 g/mol. The van der Waals surface area contributed by atoms with E-state index in [1.807, 2.05) is 24.3 Å². The van der Waals surface area contributed by atoms with Crippen molar-refractivity contribution in [3.8, 4) is 23.0 Å². The lowest BCUT2D eigenvalue weighted by Crippen LogP contribution is -2.06. The monoisotopic (exact) mass is 316 g/mol. The Morgan fingerprint density at radius 2 is 1.52 bits per heavy atom. The zero-order valence-electron chi connectivity index (χ0n) is 13.5. The Bertz CT molecular complexity index is 651. The molecule has 1 N–H and O–H groups in total. The number of hydrogen-bond acceptors (Lipinski definition) is 5. The third-order valence-electron chi connectivity index (χ3n) is 3.57. The van der Waals surface area contributed by atoms with Crippen LogP contribution in [0.15, 0.2) is 36.4 Å². The molecule has 5 nitrogen and oxygen atoms in total. The van der Waals surface area contributed by atoms with Crippen LogP contribution in [0.2, 0.25) is 0 Å². The van der Waals surface area contributed by atoms with E-state index in [1.54, 1.807) is 7.11 Å². The van der Waals surface area contributed by atoms with Crippen molar-refractivity contribution in [1.82, 2.24) is 0 Å². The SMILES string of the molecule is COc1ccc(CCC(=O)c2c(OC)cc(O)cc2OC)cc1. The Hall–Kier alpha value is -2.69. The van der Waals surface area contributed by atoms with Crippen LogP contribution in [0.25, 0.3) is 0 Å². The lowest BCUT2D eigenvalue weighted by atomic mass is 10.0. The van der Waals surface area contributed by atoms with Gasteiger partial charge in [-0.1, -0.05) is 12.1 Å². The first kappa shape index (κ1) is 16.7. The van der Waals surface area contributed by atoms with Gasteiger partial charge in [0.05, 0.1) is 21.3 Å². The predicted octanol–water partition coefficient (Wildman–Crippen LogP) is 3.23. The molecule has 0 unspecified atom stereocenters. The second-order valence-electron chi connectivity index (χ2n) is 5.00. The Morgan fingerprint density at radius 3 is 2.00 bits per heavy atom. The number of aryl methyl sites for hydroxylation is 1. The molecule has 0 amide bonds. The zero-order valence-corrected chi connectivity index (χ0v) is 13.5. The molecule has 0 aliphatic heterocycles. The molecule has 2 rings (SSSR count). The molecule has 0 bridgehead atoms. The number of aromatic hydroxyl groups is 1. The first-order valence-corrected chi connectivity index (χ1v) is 7.20. The fraction of sp³-hybridized carbons (Fsp3) is 0.278. The van der Waals surface area contributed by atoms with Crippen LogP contribution in [0.4, 0.5) is 0 Å². The average molecular weight is 316 g/mol. The van der Waals surface area contributed by atoms with Gasteiger partial charge in [-0.25, -0.2) is 0 Å². The van der Waals surface area contributed by atoms with Crippen LogP contribution in [0.3, 0.4) is 0 Å². The Morgan fingerprint density at radius 1 is 0.957 bits per heavy atom. The summed E-state index contributed by atoms with van der Waals surface area (Å²) in [5, 5.41) is 9.64. The summed E-state index contributed by atoms with van der Waals surface area (Å²) in [6, 6.07) is 10.4. The topological polar surface area (TPSA) is 65.0 Å². The quantitative estimate of drug-likeness (QED) is 0.794. The van der Waals surface area contributed by atoms with Crippen molar-refractivity contribution in [3.63, 3.8) is 0 Å². The van der Waals surface area contributed by atoms with Crippen LogP contribution in [-0.4, -0.2) is 32.2 Å². The molecule has 23 heavy (non-hydrogen) atoms. The van der Waals surface area contributed by atoms with Gasteiger partial charge in [-0.2, -0.15) is 0 Å². The summed E-state index contributed by atoms with van der Waals surface area (Å²) in [6.45, 7) is 0. The van der Waals surface area contributed by atoms with Crippen molar-refractivity contribution < 1.29 is 24.1 Å². The van der Waals surface area contributed by atoms with Crippen LogP contribution in [-0.2, 0) is 6.42 Å². The number of Topliss-reactive ketones (excluding diaryl/α,β-unsaturated/α-hetero) is 1. The van der Waals surface area contributed by atoms with E-state index in [9.17, 15) is 9.90 Å². The van der Waals surface area contributed by atoms with Crippen molar-refractivity contribution in [2.75, 3.05) is 21.3 Å². The second kappa shape index (κ2) is 7.54. The maximum atomic E-state index is 12.5. The summed E-state index contributed by atoms with van der Waals surface area (Å²) in [5.74, 6) is 1.28. The molecule has 5 heteroatoms. The molecule has 0 saturated carbocycles. The molecule has 0 spiro atoms. The van der Waals surface area contributed by atoms with Gasteiger partial charge < -0.3 is 19.3 Å². The predicted molar refractivity (Wildman–Crippen MR) is 86.9 cm³/mol. The first-order chi connectivity index (χ1) is 11.1. The summed E-state index contributed by atoms with van der Waals surface area (Å²) in [5.41, 5.74) is 1.39. The lowest BCUT2D eigenvalue weighted by molar-refractivity contribution is 0.0976. The summed E-state index contributed by atoms with van der Waals surface area (Å²) in [6.07, 6.45) is 0.903. The van der Waals surface area contributed by atoms with Gasteiger partial charge >= 0.3 is 0 Å². The number of ether oxygens (including phenoxy) is 3. The normalized spacial score (nSPS) is 10.2. The Kier molecular flexibility index (Phi) is 5.46. The fourth-order valence-electron chi connectivity index (χ4n) is 2.35. The smallest absolute Gasteiger partial charge is 0.170 e. The molecule has 0 radical (unpaired) electrons. The van der Waals surface area contributed by atoms with Gasteiger partial charge in [-0.05, 0) is 24.1 Å². The molecule has 0 aromatic heterocycles. The van der Waals surface area contributed by atoms with E-state index in [0.717, 1.165) is 11.3 Å². The third kappa shape index (κ3) is 3.94. The summed E-state index contributed by atoms with van der Waals surface area (Å²) >= 11 is 0. The van der Waals surface area contributed by atoms with Crippen LogP contribution in [0.1, 0.15) is 22.3 Å². The third-order valence-corrected chi connectivity index (χ3v) is 3.57. The maximum absolute atomic E-state index is 12.5. The highest BCUT2D eigenvalue weighted by atomic mass is 16.5. The summed E-state index contributed by atoms with van der Waals surface area (Å²) in [7, 11) is 4.52. The molecule has 2 aromatic rings. The van der Waals surface area contributed by atoms with E-state index in [4.69, 9.17) is 14.2 Å². The molecule has 0 saturated heterocycles. The standard InChI is InChI=1S/C18H20O5/c1-21-14-7-4-12(5-8-14)6-9-15(20)18-16(22-2)10-13(19)11-17(18)23-3/h4-5,7-8,10-11,19H,6,9H2,1-3H3. The number of hydrogen-bond donors (Lipinski definition) is 1. The van der Waals surface area contributed by atoms with Gasteiger partial charge in [0.25, 0.3) is 0 Å². The Labute approximate surface area is 135 Å². The highest BCUT2D eigenvalue weighted by Gasteiger charge is 2.19. The summed E-state index contributed by atoms with van der Waals surface area (Å²) in [4.78, 5) is 12.5. The van der Waals surface area contributed by atoms with Gasteiger partial charge in [-0.15, -0.1) is 0 Å². The highest BCUT2D eigenvalue weighted by Crippen LogP contribution is 2.34. The fourth-order valence-corrected chi connectivity index (χ4v) is 2.35. The molecule has 0 fully saturated rings. The zero-order chi connectivity index (χ0) is 16.8. The minimum atomic E-state index is -0.102. The van der Waals surface area contributed by atoms with E-state index in [2.05, 4.69) is 0 Å². The second-order valence-corrected chi connectivity index (χ2v) is 5.00. The van der Waals surface area contributed by atoms with Gasteiger partial charge in [-0.3, -0.25) is 4.79 Å². The molecule has 122 valence electrons. The van der Waals surface area contributed by atoms with E-state index in [0.29, 0.717) is 29.9 Å². The highest BCUT2D eigenvalue weighted by molar-refractivity contribution is 6.01. The van der Waals surface area contributed by atoms with E-state index < -0.39 is 0 Å². The summed E-state index contributed by atoms with van der Waals surface area (Å²) < 4.78 is 15.5. The van der Waals surface area contributed by atoms with E-state index >= 15 is 0 Å². The number of benzene rings is 2. The van der Waals surface area contributed by atoms with E-state index in [-0.39, 0.29) is 11.5 Å². The Balaban J connectivity index is 2.16. The first-order valence-electron chi connectivity index (χ1n) is 7.20. The number of phenols is 1. The number of carbonyl (C=O) groups excluding carboxylic acids is 1. The van der Waals surface area contributed by atoms with Crippen LogP contribution in [0.5, 0.6) is 23.0 Å². The van der Waals surface area contributed by atoms with Gasteiger partial charge in [0.1, 0.15) is 28.6 Å². The van der Waals surface area contributed by atoms with Crippen LogP contribution < -0.4 is 14.2 Å². The molecule has 0 aliphatic rings. The van der Waals surface area contributed by atoms with Gasteiger partial charge in [0.15, 0.2) is 5.78 Å². The molecule has 0 atom stereocenters. The maximum Gasteiger partial charge on any atom is 0.170 e. The largest absolute Gasteiger partial charge is 0.508 e. The van der Waals surface area contributed by atoms with Crippen molar-refractivity contribution in [2.24, 2.45) is 0 Å². The number of ketones is 1. The van der Waals surface area contributed by atoms with Crippen molar-refractivity contribution in [3.05, 3.63) is 47.5 Å². The minimum absolute atomic E-state index is 0.00888. The molecule has 2 aromatic carbocycles. The molecule has 0 aliphatic carbocycles. The van der Waals surface area contributed by atoms with Gasteiger partial charge in [0.2, 0.25) is 0 Å². The molecule has 0 heterocycles. The lowest BCUT2D eigenvalue weighted by Gasteiger charge is -2.13. The number of carbonyl (C=O) groups is 1. The minimum Gasteiger partial charge on any atom is -0.508 e. The number of rotatable bonds is 7. The molecular formula is C18H20O5. The van der Waals surface area contributed by atoms with Crippen LogP contribution >= 0.6 is 0 Å². The van der Waals surface area contributed by atoms with Crippen LogP contribution in [0, 0.1) is 0 Å². The van der Waals surface area contributed by atoms with E-state index in [1.165, 1.54) is 26.4 Å². The number of methoxy groups -OCH3 is 3. The van der Waals surface area contributed by atoms with Crippen molar-refractivity contribution in [1.29, 1.82) is 0 Å². The van der Waals surface area contributed by atoms with Crippen molar-refractivity contribution >= 4 is 5.78 Å². The van der Waals surface area contributed by atoms with Crippen molar-refractivity contribution in [2.45, 2.75) is 12.8 Å².